The maximum absolute atomic E-state index is 13.3. The lowest BCUT2D eigenvalue weighted by molar-refractivity contribution is -0.139. The molecule has 0 saturated carbocycles. The lowest BCUT2D eigenvalue weighted by Crippen LogP contribution is -2.58. The molecule has 0 aromatic heterocycles. The number of amides is 2. The number of aliphatic carboxylic acids is 1. The van der Waals surface area contributed by atoms with Crippen molar-refractivity contribution in [2.45, 2.75) is 57.4 Å². The molecular formula is C31H34N2O6. The topological polar surface area (TPSA) is 114 Å². The van der Waals surface area contributed by atoms with Crippen molar-refractivity contribution in [3.8, 4) is 11.1 Å². The summed E-state index contributed by atoms with van der Waals surface area (Å²) in [5.74, 6) is -1.73. The Morgan fingerprint density at radius 3 is 2.05 bits per heavy atom. The summed E-state index contributed by atoms with van der Waals surface area (Å²) in [6.45, 7) is 5.23. The summed E-state index contributed by atoms with van der Waals surface area (Å²) in [6, 6.07) is 24.4. The highest BCUT2D eigenvalue weighted by molar-refractivity contribution is 5.87. The van der Waals surface area contributed by atoms with Crippen LogP contribution in [0, 0.1) is 0 Å². The molecule has 2 unspecified atom stereocenters. The van der Waals surface area contributed by atoms with Crippen molar-refractivity contribution in [2.75, 3.05) is 6.61 Å². The van der Waals surface area contributed by atoms with E-state index in [4.69, 9.17) is 9.47 Å². The summed E-state index contributed by atoms with van der Waals surface area (Å²) < 4.78 is 11.6. The molecule has 3 N–H and O–H groups in total. The molecule has 0 fully saturated rings. The van der Waals surface area contributed by atoms with Crippen LogP contribution in [-0.4, -0.2) is 47.4 Å². The molecule has 0 aliphatic heterocycles. The Bertz CT molecular complexity index is 1280. The van der Waals surface area contributed by atoms with E-state index in [1.807, 2.05) is 66.7 Å². The first kappa shape index (κ1) is 27.9. The van der Waals surface area contributed by atoms with Crippen molar-refractivity contribution >= 4 is 18.0 Å². The minimum absolute atomic E-state index is 0.0952. The van der Waals surface area contributed by atoms with Gasteiger partial charge in [0.2, 0.25) is 5.91 Å². The van der Waals surface area contributed by atoms with Crippen LogP contribution >= 0.6 is 0 Å². The van der Waals surface area contributed by atoms with Crippen LogP contribution in [0.3, 0.4) is 0 Å². The van der Waals surface area contributed by atoms with Crippen molar-refractivity contribution in [3.63, 3.8) is 0 Å². The third-order valence-electron chi connectivity index (χ3n) is 6.78. The zero-order valence-corrected chi connectivity index (χ0v) is 22.3. The zero-order valence-electron chi connectivity index (χ0n) is 22.3. The average Bonchev–Trinajstić information content (AvgIpc) is 3.22. The third kappa shape index (κ3) is 7.03. The van der Waals surface area contributed by atoms with Gasteiger partial charge in [0.25, 0.3) is 0 Å². The fourth-order valence-electron chi connectivity index (χ4n) is 4.89. The molecule has 3 aromatic carbocycles. The number of fused-ring (bicyclic) bond motifs is 3. The lowest BCUT2D eigenvalue weighted by atomic mass is 9.98. The number of carboxylic acids is 1. The number of carbonyl (C=O) groups excluding carboxylic acids is 2. The molecule has 8 nitrogen and oxygen atoms in total. The summed E-state index contributed by atoms with van der Waals surface area (Å²) in [5.41, 5.74) is 4.26. The van der Waals surface area contributed by atoms with Crippen LogP contribution < -0.4 is 10.6 Å². The second-order valence-corrected chi connectivity index (χ2v) is 10.4. The van der Waals surface area contributed by atoms with Crippen LogP contribution in [0.1, 0.15) is 49.8 Å². The van der Waals surface area contributed by atoms with Crippen molar-refractivity contribution in [3.05, 3.63) is 95.6 Å². The number of hydrogen-bond donors (Lipinski definition) is 3. The third-order valence-corrected chi connectivity index (χ3v) is 6.78. The number of hydrogen-bond acceptors (Lipinski definition) is 5. The predicted octanol–water partition coefficient (Wildman–Crippen LogP) is 4.87. The van der Waals surface area contributed by atoms with E-state index in [0.717, 1.165) is 27.8 Å². The Hall–Kier alpha value is -4.17. The van der Waals surface area contributed by atoms with Crippen LogP contribution in [0.15, 0.2) is 78.9 Å². The van der Waals surface area contributed by atoms with Gasteiger partial charge in [0.1, 0.15) is 12.6 Å². The van der Waals surface area contributed by atoms with Crippen LogP contribution in [-0.2, 0) is 25.7 Å². The van der Waals surface area contributed by atoms with E-state index in [9.17, 15) is 19.5 Å². The molecule has 2 amide bonds. The number of alkyl carbamates (subject to hydrolysis) is 1. The predicted molar refractivity (Wildman–Crippen MR) is 147 cm³/mol. The Labute approximate surface area is 228 Å². The highest BCUT2D eigenvalue weighted by atomic mass is 16.5. The molecule has 0 spiro atoms. The van der Waals surface area contributed by atoms with Gasteiger partial charge in [0.05, 0.1) is 19.1 Å². The molecular weight excluding hydrogens is 496 g/mol. The maximum Gasteiger partial charge on any atom is 0.407 e. The first-order valence-electron chi connectivity index (χ1n) is 13.0. The monoisotopic (exact) mass is 530 g/mol. The second-order valence-electron chi connectivity index (χ2n) is 10.4. The van der Waals surface area contributed by atoms with E-state index < -0.39 is 35.7 Å². The highest BCUT2D eigenvalue weighted by Crippen LogP contribution is 2.44. The summed E-state index contributed by atoms with van der Waals surface area (Å²) in [5, 5.41) is 14.6. The Kier molecular flexibility index (Phi) is 8.66. The minimum Gasteiger partial charge on any atom is -0.481 e. The van der Waals surface area contributed by atoms with Gasteiger partial charge in [-0.3, -0.25) is 9.59 Å². The smallest absolute Gasteiger partial charge is 0.407 e. The molecule has 0 bridgehead atoms. The van der Waals surface area contributed by atoms with E-state index in [1.165, 1.54) is 0 Å². The van der Waals surface area contributed by atoms with Gasteiger partial charge in [-0.05, 0) is 48.6 Å². The van der Waals surface area contributed by atoms with Gasteiger partial charge in [0.15, 0.2) is 0 Å². The van der Waals surface area contributed by atoms with Crippen molar-refractivity contribution in [1.29, 1.82) is 0 Å². The van der Waals surface area contributed by atoms with Gasteiger partial charge in [-0.15, -0.1) is 0 Å². The largest absolute Gasteiger partial charge is 0.481 e. The standard InChI is InChI=1S/C31H34N2O6/c1-20(38-18-21-11-5-4-6-12-21)28(29(36)33-31(2,3)17-27(34)35)32-30(37)39-19-26-24-15-9-7-13-22(24)23-14-8-10-16-25(23)26/h4-16,20,26,28H,17-19H2,1-3H3,(H,32,37)(H,33,36)(H,34,35). The van der Waals surface area contributed by atoms with E-state index in [-0.39, 0.29) is 25.6 Å². The molecule has 0 radical (unpaired) electrons. The zero-order chi connectivity index (χ0) is 28.0. The van der Waals surface area contributed by atoms with Crippen molar-refractivity contribution in [1.82, 2.24) is 10.6 Å². The number of carboxylic acid groups (broad SMARTS) is 1. The van der Waals surface area contributed by atoms with Crippen LogP contribution in [0.2, 0.25) is 0 Å². The van der Waals surface area contributed by atoms with Crippen LogP contribution in [0.5, 0.6) is 0 Å². The van der Waals surface area contributed by atoms with Crippen molar-refractivity contribution in [2.24, 2.45) is 0 Å². The molecule has 2 atom stereocenters. The molecule has 1 aliphatic rings. The molecule has 39 heavy (non-hydrogen) atoms. The lowest BCUT2D eigenvalue weighted by Gasteiger charge is -2.30. The first-order valence-corrected chi connectivity index (χ1v) is 13.0. The van der Waals surface area contributed by atoms with Gasteiger partial charge in [-0.1, -0.05) is 78.9 Å². The summed E-state index contributed by atoms with van der Waals surface area (Å²) >= 11 is 0. The molecule has 4 rings (SSSR count). The quantitative estimate of drug-likeness (QED) is 0.326. The molecule has 3 aromatic rings. The Morgan fingerprint density at radius 2 is 1.46 bits per heavy atom. The van der Waals surface area contributed by atoms with E-state index in [0.29, 0.717) is 0 Å². The van der Waals surface area contributed by atoms with Crippen LogP contribution in [0.25, 0.3) is 11.1 Å². The summed E-state index contributed by atoms with van der Waals surface area (Å²) in [6.07, 6.45) is -1.77. The first-order chi connectivity index (χ1) is 18.6. The van der Waals surface area contributed by atoms with Gasteiger partial charge in [-0.25, -0.2) is 4.79 Å². The van der Waals surface area contributed by atoms with E-state index in [1.54, 1.807) is 20.8 Å². The van der Waals surface area contributed by atoms with Crippen LogP contribution in [0.4, 0.5) is 4.79 Å². The molecule has 8 heteroatoms. The second kappa shape index (κ2) is 12.1. The Balaban J connectivity index is 1.45. The molecule has 0 saturated heterocycles. The van der Waals surface area contributed by atoms with Gasteiger partial charge in [-0.2, -0.15) is 0 Å². The van der Waals surface area contributed by atoms with Gasteiger partial charge in [0, 0.05) is 11.5 Å². The molecule has 0 heterocycles. The molecule has 204 valence electrons. The fourth-order valence-corrected chi connectivity index (χ4v) is 4.89. The van der Waals surface area contributed by atoms with E-state index >= 15 is 0 Å². The van der Waals surface area contributed by atoms with Gasteiger partial charge < -0.3 is 25.2 Å². The summed E-state index contributed by atoms with van der Waals surface area (Å²) in [7, 11) is 0. The SMILES string of the molecule is CC(OCc1ccccc1)C(NC(=O)OCC1c2ccccc2-c2ccccc21)C(=O)NC(C)(C)CC(=O)O. The fraction of sp³-hybridized carbons (Fsp3) is 0.323. The number of carbonyl (C=O) groups is 3. The summed E-state index contributed by atoms with van der Waals surface area (Å²) in [4.78, 5) is 37.5. The number of nitrogens with one attached hydrogen (secondary N) is 2. The molecule has 1 aliphatic carbocycles. The maximum atomic E-state index is 13.3. The minimum atomic E-state index is -1.11. The highest BCUT2D eigenvalue weighted by Gasteiger charge is 2.34. The number of benzene rings is 3. The number of rotatable bonds is 11. The van der Waals surface area contributed by atoms with E-state index in [2.05, 4.69) is 22.8 Å². The number of ether oxygens (including phenoxy) is 2. The van der Waals surface area contributed by atoms with Gasteiger partial charge >= 0.3 is 12.1 Å². The van der Waals surface area contributed by atoms with Crippen molar-refractivity contribution < 1.29 is 29.0 Å². The Morgan fingerprint density at radius 1 is 0.897 bits per heavy atom. The average molecular weight is 531 g/mol. The normalized spacial score (nSPS) is 14.0.